The van der Waals surface area contributed by atoms with Crippen molar-refractivity contribution in [1.82, 2.24) is 5.32 Å². The normalized spacial score (nSPS) is 23.1. The third-order valence-electron chi connectivity index (χ3n) is 3.97. The molecule has 3 nitrogen and oxygen atoms in total. The molecular formula is C16H24N2O. The van der Waals surface area contributed by atoms with E-state index in [1.807, 2.05) is 24.0 Å². The van der Waals surface area contributed by atoms with E-state index in [9.17, 15) is 4.79 Å². The molecule has 1 aliphatic heterocycles. The van der Waals surface area contributed by atoms with Crippen LogP contribution in [0.5, 0.6) is 0 Å². The van der Waals surface area contributed by atoms with Crippen molar-refractivity contribution in [3.63, 3.8) is 0 Å². The Morgan fingerprint density at radius 2 is 2.26 bits per heavy atom. The quantitative estimate of drug-likeness (QED) is 0.906. The van der Waals surface area contributed by atoms with Gasteiger partial charge in [-0.15, -0.1) is 0 Å². The summed E-state index contributed by atoms with van der Waals surface area (Å²) in [6, 6.07) is 8.47. The predicted molar refractivity (Wildman–Crippen MR) is 79.4 cm³/mol. The summed E-state index contributed by atoms with van der Waals surface area (Å²) >= 11 is 0. The van der Waals surface area contributed by atoms with Crippen molar-refractivity contribution in [3.05, 3.63) is 29.8 Å². The lowest BCUT2D eigenvalue weighted by molar-refractivity contribution is -0.123. The summed E-state index contributed by atoms with van der Waals surface area (Å²) < 4.78 is 0. The van der Waals surface area contributed by atoms with Crippen molar-refractivity contribution in [2.45, 2.75) is 39.7 Å². The molecule has 1 amide bonds. The van der Waals surface area contributed by atoms with Crippen molar-refractivity contribution < 1.29 is 4.79 Å². The summed E-state index contributed by atoms with van der Waals surface area (Å²) in [5.41, 5.74) is 2.21. The lowest BCUT2D eigenvalue weighted by Gasteiger charge is -2.33. The second-order valence-electron chi connectivity index (χ2n) is 5.41. The standard InChI is InChI=1S/C16H24N2O/c1-4-18(14-8-5-7-12(2)11-14)16(19)15-9-6-10-17-13(15)3/h5,7-8,11,13,15,17H,4,6,9-10H2,1-3H3. The number of nitrogens with zero attached hydrogens (tertiary/aromatic N) is 1. The Morgan fingerprint density at radius 3 is 2.89 bits per heavy atom. The predicted octanol–water partition coefficient (Wildman–Crippen LogP) is 2.74. The van der Waals surface area contributed by atoms with E-state index in [1.165, 1.54) is 5.56 Å². The average Bonchev–Trinajstić information content (AvgIpc) is 2.40. The Hall–Kier alpha value is -1.35. The van der Waals surface area contributed by atoms with Crippen LogP contribution in [0.3, 0.4) is 0 Å². The third kappa shape index (κ3) is 3.16. The minimum absolute atomic E-state index is 0.106. The zero-order chi connectivity index (χ0) is 13.8. The van der Waals surface area contributed by atoms with Crippen LogP contribution in [-0.2, 0) is 4.79 Å². The Bertz CT molecular complexity index is 444. The summed E-state index contributed by atoms with van der Waals surface area (Å²) in [5.74, 6) is 0.363. The Balaban J connectivity index is 2.19. The second kappa shape index (κ2) is 6.20. The molecule has 0 spiro atoms. The van der Waals surface area contributed by atoms with Crippen molar-refractivity contribution >= 4 is 11.6 Å². The number of hydrogen-bond acceptors (Lipinski definition) is 2. The van der Waals surface area contributed by atoms with Crippen LogP contribution in [0, 0.1) is 12.8 Å². The minimum Gasteiger partial charge on any atom is -0.313 e. The fourth-order valence-electron chi connectivity index (χ4n) is 2.84. The molecule has 0 aromatic heterocycles. The number of benzene rings is 1. The molecule has 1 N–H and O–H groups in total. The SMILES string of the molecule is CCN(C(=O)C1CCCNC1C)c1cccc(C)c1. The van der Waals surface area contributed by atoms with Crippen LogP contribution in [0.2, 0.25) is 0 Å². The molecule has 2 rings (SSSR count). The van der Waals surface area contributed by atoms with Crippen molar-refractivity contribution in [2.75, 3.05) is 18.0 Å². The summed E-state index contributed by atoms with van der Waals surface area (Å²) in [6.45, 7) is 7.98. The highest BCUT2D eigenvalue weighted by Crippen LogP contribution is 2.23. The average molecular weight is 260 g/mol. The first-order valence-corrected chi connectivity index (χ1v) is 7.25. The first kappa shape index (κ1) is 14.1. The number of aryl methyl sites for hydroxylation is 1. The van der Waals surface area contributed by atoms with Crippen LogP contribution in [0.1, 0.15) is 32.3 Å². The van der Waals surface area contributed by atoms with E-state index in [1.54, 1.807) is 0 Å². The van der Waals surface area contributed by atoms with Gasteiger partial charge < -0.3 is 10.2 Å². The molecule has 1 saturated heterocycles. The summed E-state index contributed by atoms with van der Waals surface area (Å²) in [5, 5.41) is 3.41. The lowest BCUT2D eigenvalue weighted by Crippen LogP contribution is -2.48. The zero-order valence-electron chi connectivity index (χ0n) is 12.1. The van der Waals surface area contributed by atoms with E-state index in [2.05, 4.69) is 31.3 Å². The number of anilines is 1. The van der Waals surface area contributed by atoms with Crippen LogP contribution >= 0.6 is 0 Å². The van der Waals surface area contributed by atoms with Crippen LogP contribution < -0.4 is 10.2 Å². The second-order valence-corrected chi connectivity index (χ2v) is 5.41. The van der Waals surface area contributed by atoms with Gasteiger partial charge in [0.05, 0.1) is 5.92 Å². The molecule has 0 aliphatic carbocycles. The van der Waals surface area contributed by atoms with Gasteiger partial charge in [0, 0.05) is 18.3 Å². The van der Waals surface area contributed by atoms with Crippen molar-refractivity contribution in [3.8, 4) is 0 Å². The molecule has 1 aromatic carbocycles. The summed E-state index contributed by atoms with van der Waals surface area (Å²) in [4.78, 5) is 14.7. The van der Waals surface area contributed by atoms with Crippen molar-refractivity contribution in [2.24, 2.45) is 5.92 Å². The van der Waals surface area contributed by atoms with Gasteiger partial charge in [0.1, 0.15) is 0 Å². The van der Waals surface area contributed by atoms with Gasteiger partial charge in [-0.1, -0.05) is 12.1 Å². The molecule has 3 heteroatoms. The van der Waals surface area contributed by atoms with E-state index >= 15 is 0 Å². The monoisotopic (exact) mass is 260 g/mol. The number of piperidine rings is 1. The number of rotatable bonds is 3. The molecule has 0 radical (unpaired) electrons. The number of amides is 1. The fourth-order valence-corrected chi connectivity index (χ4v) is 2.84. The molecule has 1 heterocycles. The molecule has 1 fully saturated rings. The number of carbonyl (C=O) groups is 1. The first-order valence-electron chi connectivity index (χ1n) is 7.25. The maximum absolute atomic E-state index is 12.7. The van der Waals surface area contributed by atoms with E-state index in [0.717, 1.165) is 31.6 Å². The van der Waals surface area contributed by atoms with E-state index in [4.69, 9.17) is 0 Å². The smallest absolute Gasteiger partial charge is 0.231 e. The molecular weight excluding hydrogens is 236 g/mol. The van der Waals surface area contributed by atoms with Gasteiger partial charge in [0.15, 0.2) is 0 Å². The minimum atomic E-state index is 0.106. The topological polar surface area (TPSA) is 32.3 Å². The molecule has 1 aromatic rings. The lowest BCUT2D eigenvalue weighted by atomic mass is 9.90. The summed E-state index contributed by atoms with van der Waals surface area (Å²) in [6.07, 6.45) is 2.08. The molecule has 0 bridgehead atoms. The number of nitrogens with one attached hydrogen (secondary N) is 1. The van der Waals surface area contributed by atoms with Crippen molar-refractivity contribution in [1.29, 1.82) is 0 Å². The molecule has 1 aliphatic rings. The van der Waals surface area contributed by atoms with Gasteiger partial charge in [0.25, 0.3) is 0 Å². The zero-order valence-corrected chi connectivity index (χ0v) is 12.1. The van der Waals surface area contributed by atoms with Crippen LogP contribution in [-0.4, -0.2) is 25.0 Å². The third-order valence-corrected chi connectivity index (χ3v) is 3.97. The van der Waals surface area contributed by atoms with Crippen LogP contribution in [0.15, 0.2) is 24.3 Å². The molecule has 104 valence electrons. The number of hydrogen-bond donors (Lipinski definition) is 1. The van der Waals surface area contributed by atoms with Gasteiger partial charge in [-0.3, -0.25) is 4.79 Å². The highest BCUT2D eigenvalue weighted by atomic mass is 16.2. The highest BCUT2D eigenvalue weighted by molar-refractivity contribution is 5.95. The van der Waals surface area contributed by atoms with E-state index in [0.29, 0.717) is 0 Å². The number of carbonyl (C=O) groups excluding carboxylic acids is 1. The molecule has 19 heavy (non-hydrogen) atoms. The first-order chi connectivity index (χ1) is 9.13. The Kier molecular flexibility index (Phi) is 4.59. The Labute approximate surface area is 116 Å². The molecule has 0 saturated carbocycles. The maximum atomic E-state index is 12.7. The maximum Gasteiger partial charge on any atom is 0.231 e. The van der Waals surface area contributed by atoms with Gasteiger partial charge in [0.2, 0.25) is 5.91 Å². The largest absolute Gasteiger partial charge is 0.313 e. The van der Waals surface area contributed by atoms with E-state index < -0.39 is 0 Å². The Morgan fingerprint density at radius 1 is 1.47 bits per heavy atom. The van der Waals surface area contributed by atoms with E-state index in [-0.39, 0.29) is 17.9 Å². The summed E-state index contributed by atoms with van der Waals surface area (Å²) in [7, 11) is 0. The molecule has 2 atom stereocenters. The van der Waals surface area contributed by atoms with Gasteiger partial charge >= 0.3 is 0 Å². The van der Waals surface area contributed by atoms with Gasteiger partial charge in [-0.2, -0.15) is 0 Å². The molecule has 2 unspecified atom stereocenters. The van der Waals surface area contributed by atoms with Gasteiger partial charge in [-0.05, 0) is 57.9 Å². The highest BCUT2D eigenvalue weighted by Gasteiger charge is 2.31. The fraction of sp³-hybridized carbons (Fsp3) is 0.562. The van der Waals surface area contributed by atoms with Crippen LogP contribution in [0.4, 0.5) is 5.69 Å². The van der Waals surface area contributed by atoms with Gasteiger partial charge in [-0.25, -0.2) is 0 Å². The van der Waals surface area contributed by atoms with Crippen LogP contribution in [0.25, 0.3) is 0 Å².